The van der Waals surface area contributed by atoms with E-state index in [2.05, 4.69) is 5.32 Å². The molecule has 0 aliphatic rings. The van der Waals surface area contributed by atoms with Crippen molar-refractivity contribution in [1.29, 1.82) is 0 Å². The van der Waals surface area contributed by atoms with Crippen molar-refractivity contribution in [3.63, 3.8) is 0 Å². The number of nitrogens with one attached hydrogen (secondary N) is 1. The Morgan fingerprint density at radius 1 is 1.44 bits per heavy atom. The lowest BCUT2D eigenvalue weighted by Gasteiger charge is -2.12. The van der Waals surface area contributed by atoms with E-state index in [9.17, 15) is 4.79 Å². The van der Waals surface area contributed by atoms with Crippen LogP contribution in [0, 0.1) is 0 Å². The topological polar surface area (TPSA) is 55.1 Å². The molecule has 0 spiro atoms. The van der Waals surface area contributed by atoms with Crippen LogP contribution in [-0.4, -0.2) is 24.5 Å². The van der Waals surface area contributed by atoms with Crippen LogP contribution < -0.4 is 11.1 Å². The summed E-state index contributed by atoms with van der Waals surface area (Å²) in [5, 5.41) is 2.80. The molecule has 0 aliphatic carbocycles. The minimum atomic E-state index is -0.128. The lowest BCUT2D eigenvalue weighted by Crippen LogP contribution is -2.32. The fraction of sp³-hybridized carbons (Fsp3) is 0.364. The minimum Gasteiger partial charge on any atom is -0.353 e. The first-order chi connectivity index (χ1) is 7.24. The molecule has 5 heteroatoms. The smallest absolute Gasteiger partial charge is 0.230 e. The molecule has 1 atom stereocenters. The van der Waals surface area contributed by atoms with Crippen LogP contribution in [0.1, 0.15) is 11.6 Å². The Labute approximate surface area is 107 Å². The fourth-order valence-electron chi connectivity index (χ4n) is 1.22. The lowest BCUT2D eigenvalue weighted by molar-refractivity contribution is -0.118. The molecule has 16 heavy (non-hydrogen) atoms. The first kappa shape index (κ1) is 15.3. The van der Waals surface area contributed by atoms with Crippen LogP contribution in [0.15, 0.2) is 30.3 Å². The first-order valence-corrected chi connectivity index (χ1v) is 6.19. The third-order valence-corrected chi connectivity index (χ3v) is 2.57. The Hall–Kier alpha value is -0.710. The van der Waals surface area contributed by atoms with E-state index in [4.69, 9.17) is 5.73 Å². The zero-order valence-electron chi connectivity index (χ0n) is 9.18. The summed E-state index contributed by atoms with van der Waals surface area (Å²) in [6, 6.07) is 9.63. The van der Waals surface area contributed by atoms with Crippen molar-refractivity contribution in [1.82, 2.24) is 5.32 Å². The van der Waals surface area contributed by atoms with Gasteiger partial charge >= 0.3 is 0 Å². The van der Waals surface area contributed by atoms with E-state index < -0.39 is 0 Å². The van der Waals surface area contributed by atoms with Crippen LogP contribution in [0.4, 0.5) is 0 Å². The summed E-state index contributed by atoms with van der Waals surface area (Å²) in [4.78, 5) is 11.2. The Bertz CT molecular complexity index is 308. The van der Waals surface area contributed by atoms with Gasteiger partial charge in [-0.3, -0.25) is 4.79 Å². The summed E-state index contributed by atoms with van der Waals surface area (Å²) >= 11 is 1.50. The van der Waals surface area contributed by atoms with Gasteiger partial charge in [0.1, 0.15) is 0 Å². The molecule has 0 saturated carbocycles. The summed E-state index contributed by atoms with van der Waals surface area (Å²) < 4.78 is 0. The second-order valence-electron chi connectivity index (χ2n) is 3.25. The highest BCUT2D eigenvalue weighted by Gasteiger charge is 2.06. The fourth-order valence-corrected chi connectivity index (χ4v) is 1.59. The second kappa shape index (κ2) is 8.44. The average molecular weight is 261 g/mol. The third-order valence-electron chi connectivity index (χ3n) is 2.02. The van der Waals surface area contributed by atoms with Gasteiger partial charge in [0.05, 0.1) is 5.75 Å². The van der Waals surface area contributed by atoms with Crippen LogP contribution in [0.25, 0.3) is 0 Å². The summed E-state index contributed by atoms with van der Waals surface area (Å²) in [5.74, 6) is 0.524. The number of rotatable bonds is 5. The van der Waals surface area contributed by atoms with E-state index in [1.165, 1.54) is 11.8 Å². The van der Waals surface area contributed by atoms with Crippen molar-refractivity contribution in [2.24, 2.45) is 5.73 Å². The maximum atomic E-state index is 11.2. The van der Waals surface area contributed by atoms with Crippen LogP contribution >= 0.6 is 24.2 Å². The predicted octanol–water partition coefficient (Wildman–Crippen LogP) is 1.59. The molecule has 3 N–H and O–H groups in total. The molecule has 0 radical (unpaired) electrons. The molecule has 0 saturated heterocycles. The maximum absolute atomic E-state index is 11.2. The van der Waals surface area contributed by atoms with E-state index in [0.29, 0.717) is 12.3 Å². The molecule has 0 bridgehead atoms. The van der Waals surface area contributed by atoms with Gasteiger partial charge in [0, 0.05) is 12.6 Å². The second-order valence-corrected chi connectivity index (χ2v) is 4.12. The van der Waals surface area contributed by atoms with Crippen molar-refractivity contribution in [2.45, 2.75) is 6.04 Å². The minimum absolute atomic E-state index is 0. The van der Waals surface area contributed by atoms with E-state index in [1.54, 1.807) is 0 Å². The molecule has 1 amide bonds. The predicted molar refractivity (Wildman–Crippen MR) is 72.0 cm³/mol. The van der Waals surface area contributed by atoms with Crippen molar-refractivity contribution in [3.8, 4) is 0 Å². The molecule has 0 aliphatic heterocycles. The molecule has 0 fully saturated rings. The largest absolute Gasteiger partial charge is 0.353 e. The number of carbonyl (C=O) groups excluding carboxylic acids is 1. The van der Waals surface area contributed by atoms with Crippen molar-refractivity contribution < 1.29 is 4.79 Å². The van der Waals surface area contributed by atoms with Gasteiger partial charge in [-0.15, -0.1) is 12.4 Å². The van der Waals surface area contributed by atoms with Gasteiger partial charge in [0.2, 0.25) is 5.91 Å². The Morgan fingerprint density at radius 3 is 2.62 bits per heavy atom. The summed E-state index contributed by atoms with van der Waals surface area (Å²) in [5.41, 5.74) is 6.96. The van der Waals surface area contributed by atoms with Gasteiger partial charge in [0.15, 0.2) is 0 Å². The first-order valence-electron chi connectivity index (χ1n) is 4.80. The van der Waals surface area contributed by atoms with Crippen LogP contribution in [-0.2, 0) is 4.79 Å². The van der Waals surface area contributed by atoms with E-state index in [0.717, 1.165) is 5.56 Å². The van der Waals surface area contributed by atoms with Gasteiger partial charge in [-0.25, -0.2) is 0 Å². The molecule has 0 aromatic heterocycles. The Balaban J connectivity index is 0.00000225. The van der Waals surface area contributed by atoms with Gasteiger partial charge in [-0.2, -0.15) is 11.8 Å². The molecule has 1 unspecified atom stereocenters. The van der Waals surface area contributed by atoms with Crippen LogP contribution in [0.3, 0.4) is 0 Å². The van der Waals surface area contributed by atoms with Crippen LogP contribution in [0.5, 0.6) is 0 Å². The number of hydrogen-bond acceptors (Lipinski definition) is 3. The zero-order valence-corrected chi connectivity index (χ0v) is 10.8. The molecular weight excluding hydrogens is 244 g/mol. The molecule has 1 aromatic carbocycles. The maximum Gasteiger partial charge on any atom is 0.230 e. The standard InChI is InChI=1S/C11H16N2OS.ClH/c1-15-8-11(14)13-7-10(12)9-5-3-2-4-6-9;/h2-6,10H,7-8,12H2,1H3,(H,13,14);1H. The van der Waals surface area contributed by atoms with Crippen molar-refractivity contribution >= 4 is 30.1 Å². The summed E-state index contributed by atoms with van der Waals surface area (Å²) in [6.07, 6.45) is 1.90. The molecule has 0 heterocycles. The number of amides is 1. The molecule has 90 valence electrons. The Kier molecular flexibility index (Phi) is 8.07. The zero-order chi connectivity index (χ0) is 11.1. The highest BCUT2D eigenvalue weighted by molar-refractivity contribution is 7.99. The summed E-state index contributed by atoms with van der Waals surface area (Å²) in [6.45, 7) is 0.489. The monoisotopic (exact) mass is 260 g/mol. The average Bonchev–Trinajstić information content (AvgIpc) is 2.27. The van der Waals surface area contributed by atoms with Gasteiger partial charge in [-0.1, -0.05) is 30.3 Å². The van der Waals surface area contributed by atoms with Crippen molar-refractivity contribution in [3.05, 3.63) is 35.9 Å². The van der Waals surface area contributed by atoms with Gasteiger partial charge in [-0.05, 0) is 11.8 Å². The Morgan fingerprint density at radius 2 is 2.06 bits per heavy atom. The lowest BCUT2D eigenvalue weighted by atomic mass is 10.1. The van der Waals surface area contributed by atoms with Crippen molar-refractivity contribution in [2.75, 3.05) is 18.6 Å². The normalized spacial score (nSPS) is 11.4. The molecule has 1 aromatic rings. The quantitative estimate of drug-likeness (QED) is 0.845. The molecular formula is C11H17ClN2OS. The van der Waals surface area contributed by atoms with E-state index >= 15 is 0 Å². The third kappa shape index (κ3) is 5.39. The number of halogens is 1. The number of benzene rings is 1. The van der Waals surface area contributed by atoms with E-state index in [1.807, 2.05) is 36.6 Å². The van der Waals surface area contributed by atoms with E-state index in [-0.39, 0.29) is 24.4 Å². The number of nitrogens with two attached hydrogens (primary N) is 1. The highest BCUT2D eigenvalue weighted by Crippen LogP contribution is 2.07. The molecule has 1 rings (SSSR count). The highest BCUT2D eigenvalue weighted by atomic mass is 35.5. The SMILES string of the molecule is CSCC(=O)NCC(N)c1ccccc1.Cl. The number of hydrogen-bond donors (Lipinski definition) is 2. The van der Waals surface area contributed by atoms with Crippen LogP contribution in [0.2, 0.25) is 0 Å². The molecule has 3 nitrogen and oxygen atoms in total. The number of thioether (sulfide) groups is 1. The number of carbonyl (C=O) groups is 1. The van der Waals surface area contributed by atoms with Gasteiger partial charge in [0.25, 0.3) is 0 Å². The summed E-state index contributed by atoms with van der Waals surface area (Å²) in [7, 11) is 0. The van der Waals surface area contributed by atoms with Gasteiger partial charge < -0.3 is 11.1 Å².